The average Bonchev–Trinajstić information content (AvgIpc) is 2.49. The van der Waals surface area contributed by atoms with Crippen LogP contribution >= 0.6 is 11.8 Å². The molecule has 0 aliphatic heterocycles. The standard InChI is InChI=1S/C5H8N4S.C2H6/c1-4-7-8-5(10-3)9(4)6-2;1-2/h2H2,1,3H3;1-2H3. The maximum absolute atomic E-state index is 3.85. The lowest BCUT2D eigenvalue weighted by Gasteiger charge is -1.94. The zero-order valence-electron chi connectivity index (χ0n) is 7.90. The number of thioether (sulfide) groups is 1. The predicted octanol–water partition coefficient (Wildman–Crippen LogP) is 1.80. The number of rotatable bonds is 2. The summed E-state index contributed by atoms with van der Waals surface area (Å²) in [6, 6.07) is 0. The molecule has 0 fully saturated rings. The molecule has 0 bridgehead atoms. The van der Waals surface area contributed by atoms with Crippen LogP contribution in [0.25, 0.3) is 0 Å². The van der Waals surface area contributed by atoms with Gasteiger partial charge in [0.2, 0.25) is 5.16 Å². The number of hydrogen-bond donors (Lipinski definition) is 0. The van der Waals surface area contributed by atoms with Gasteiger partial charge in [0.1, 0.15) is 0 Å². The first kappa shape index (κ1) is 11.2. The molecule has 0 unspecified atom stereocenters. The van der Waals surface area contributed by atoms with Crippen molar-refractivity contribution in [3.63, 3.8) is 0 Å². The molecule has 5 heteroatoms. The molecule has 0 atom stereocenters. The molecule has 1 aromatic rings. The van der Waals surface area contributed by atoms with Crippen molar-refractivity contribution in [1.29, 1.82) is 0 Å². The predicted molar refractivity (Wildman–Crippen MR) is 52.8 cm³/mol. The lowest BCUT2D eigenvalue weighted by Crippen LogP contribution is -1.91. The lowest BCUT2D eigenvalue weighted by molar-refractivity contribution is 0.748. The minimum absolute atomic E-state index is 0.763. The van der Waals surface area contributed by atoms with Gasteiger partial charge in [-0.05, 0) is 13.2 Å². The molecule has 0 aliphatic rings. The van der Waals surface area contributed by atoms with E-state index >= 15 is 0 Å². The van der Waals surface area contributed by atoms with Crippen molar-refractivity contribution >= 4 is 18.5 Å². The maximum Gasteiger partial charge on any atom is 0.211 e. The summed E-state index contributed by atoms with van der Waals surface area (Å²) in [5.41, 5.74) is 0. The van der Waals surface area contributed by atoms with Gasteiger partial charge in [-0.3, -0.25) is 0 Å². The number of hydrogen-bond acceptors (Lipinski definition) is 4. The maximum atomic E-state index is 3.85. The van der Waals surface area contributed by atoms with Gasteiger partial charge < -0.3 is 0 Å². The van der Waals surface area contributed by atoms with Crippen LogP contribution in [-0.4, -0.2) is 27.8 Å². The highest BCUT2D eigenvalue weighted by atomic mass is 32.2. The third-order valence-corrected chi connectivity index (χ3v) is 1.71. The number of aryl methyl sites for hydroxylation is 1. The van der Waals surface area contributed by atoms with Gasteiger partial charge in [0.25, 0.3) is 0 Å². The van der Waals surface area contributed by atoms with Crippen molar-refractivity contribution in [2.75, 3.05) is 6.26 Å². The van der Waals surface area contributed by atoms with Gasteiger partial charge in [-0.2, -0.15) is 9.78 Å². The Balaban J connectivity index is 0.000000561. The molecule has 0 spiro atoms. The molecule has 0 amide bonds. The highest BCUT2D eigenvalue weighted by Gasteiger charge is 2.03. The van der Waals surface area contributed by atoms with E-state index in [1.807, 2.05) is 27.0 Å². The fourth-order valence-electron chi connectivity index (χ4n) is 0.628. The Morgan fingerprint density at radius 3 is 2.33 bits per heavy atom. The van der Waals surface area contributed by atoms with Crippen LogP contribution in [0.4, 0.5) is 0 Å². The van der Waals surface area contributed by atoms with Crippen molar-refractivity contribution in [3.8, 4) is 0 Å². The fraction of sp³-hybridized carbons (Fsp3) is 0.571. The van der Waals surface area contributed by atoms with Gasteiger partial charge in [-0.25, -0.2) is 0 Å². The largest absolute Gasteiger partial charge is 0.211 e. The van der Waals surface area contributed by atoms with Gasteiger partial charge in [-0.1, -0.05) is 25.6 Å². The Labute approximate surface area is 77.1 Å². The van der Waals surface area contributed by atoms with Crippen LogP contribution < -0.4 is 0 Å². The van der Waals surface area contributed by atoms with E-state index in [-0.39, 0.29) is 0 Å². The van der Waals surface area contributed by atoms with Crippen molar-refractivity contribution in [3.05, 3.63) is 5.82 Å². The average molecular weight is 186 g/mol. The molecule has 0 radical (unpaired) electrons. The second kappa shape index (κ2) is 5.77. The van der Waals surface area contributed by atoms with Crippen LogP contribution in [0, 0.1) is 6.92 Å². The van der Waals surface area contributed by atoms with E-state index in [9.17, 15) is 0 Å². The monoisotopic (exact) mass is 186 g/mol. The van der Waals surface area contributed by atoms with E-state index in [1.54, 1.807) is 4.68 Å². The first-order valence-electron chi connectivity index (χ1n) is 3.72. The third kappa shape index (κ3) is 2.34. The normalized spacial score (nSPS) is 8.67. The van der Waals surface area contributed by atoms with Gasteiger partial charge in [-0.15, -0.1) is 10.2 Å². The molecular formula is C7H14N4S. The molecule has 12 heavy (non-hydrogen) atoms. The van der Waals surface area contributed by atoms with E-state index < -0.39 is 0 Å². The molecule has 4 nitrogen and oxygen atoms in total. The van der Waals surface area contributed by atoms with Gasteiger partial charge in [0.05, 0.1) is 0 Å². The first-order valence-corrected chi connectivity index (χ1v) is 4.95. The second-order valence-corrected chi connectivity index (χ2v) is 2.46. The Bertz CT molecular complexity index is 244. The smallest absolute Gasteiger partial charge is 0.192 e. The number of nitrogens with zero attached hydrogens (tertiary/aromatic N) is 4. The van der Waals surface area contributed by atoms with Crippen LogP contribution in [0.3, 0.4) is 0 Å². The molecule has 68 valence electrons. The summed E-state index contributed by atoms with van der Waals surface area (Å²) < 4.78 is 1.60. The van der Waals surface area contributed by atoms with Crippen LogP contribution in [0.15, 0.2) is 10.3 Å². The summed E-state index contributed by atoms with van der Waals surface area (Å²) in [6.45, 7) is 9.23. The van der Waals surface area contributed by atoms with Gasteiger partial charge in [0.15, 0.2) is 5.82 Å². The quantitative estimate of drug-likeness (QED) is 0.522. The molecule has 0 aromatic carbocycles. The zero-order chi connectivity index (χ0) is 9.56. The van der Waals surface area contributed by atoms with Crippen LogP contribution in [0.2, 0.25) is 0 Å². The van der Waals surface area contributed by atoms with Crippen LogP contribution in [-0.2, 0) is 0 Å². The molecule has 1 heterocycles. The van der Waals surface area contributed by atoms with Crippen molar-refractivity contribution < 1.29 is 0 Å². The summed E-state index contributed by atoms with van der Waals surface area (Å²) in [5.74, 6) is 0.763. The summed E-state index contributed by atoms with van der Waals surface area (Å²) in [5, 5.41) is 12.2. The van der Waals surface area contributed by atoms with E-state index in [0.29, 0.717) is 0 Å². The van der Waals surface area contributed by atoms with Crippen molar-refractivity contribution in [1.82, 2.24) is 14.9 Å². The molecule has 0 saturated heterocycles. The molecule has 0 saturated carbocycles. The zero-order valence-corrected chi connectivity index (χ0v) is 8.72. The van der Waals surface area contributed by atoms with Gasteiger partial charge in [0, 0.05) is 6.72 Å². The van der Waals surface area contributed by atoms with Crippen LogP contribution in [0.1, 0.15) is 19.7 Å². The van der Waals surface area contributed by atoms with E-state index in [2.05, 4.69) is 22.0 Å². The SMILES string of the molecule is C=Nn1c(C)nnc1SC.CC. The summed E-state index contributed by atoms with van der Waals surface area (Å²) >= 11 is 1.50. The highest BCUT2D eigenvalue weighted by Crippen LogP contribution is 2.11. The first-order chi connectivity index (χ1) is 5.79. The van der Waals surface area contributed by atoms with Crippen molar-refractivity contribution in [2.24, 2.45) is 5.10 Å². The Kier molecular flexibility index (Phi) is 5.36. The third-order valence-electron chi connectivity index (χ3n) is 1.09. The second-order valence-electron chi connectivity index (χ2n) is 1.69. The minimum Gasteiger partial charge on any atom is -0.192 e. The summed E-state index contributed by atoms with van der Waals surface area (Å²) in [6.07, 6.45) is 1.92. The summed E-state index contributed by atoms with van der Waals surface area (Å²) in [4.78, 5) is 0. The van der Waals surface area contributed by atoms with Crippen LogP contribution in [0.5, 0.6) is 0 Å². The summed E-state index contributed by atoms with van der Waals surface area (Å²) in [7, 11) is 0. The number of aromatic nitrogens is 3. The topological polar surface area (TPSA) is 43.1 Å². The Morgan fingerprint density at radius 2 is 2.00 bits per heavy atom. The van der Waals surface area contributed by atoms with Gasteiger partial charge >= 0.3 is 0 Å². The molecule has 0 N–H and O–H groups in total. The molecule has 0 aliphatic carbocycles. The lowest BCUT2D eigenvalue weighted by atomic mass is 10.7. The Hall–Kier alpha value is -0.840. The minimum atomic E-state index is 0.763. The Morgan fingerprint density at radius 1 is 1.42 bits per heavy atom. The molecule has 1 rings (SSSR count). The molecule has 1 aromatic heterocycles. The van der Waals surface area contributed by atoms with E-state index in [1.165, 1.54) is 11.8 Å². The van der Waals surface area contributed by atoms with E-state index in [0.717, 1.165) is 11.0 Å². The molecular weight excluding hydrogens is 172 g/mol. The van der Waals surface area contributed by atoms with E-state index in [4.69, 9.17) is 0 Å². The highest BCUT2D eigenvalue weighted by molar-refractivity contribution is 7.98. The van der Waals surface area contributed by atoms with Crippen molar-refractivity contribution in [2.45, 2.75) is 25.9 Å². The fourth-order valence-corrected chi connectivity index (χ4v) is 1.11.